The van der Waals surface area contributed by atoms with Crippen LogP contribution in [0.4, 0.5) is 0 Å². The summed E-state index contributed by atoms with van der Waals surface area (Å²) in [7, 11) is 1.48. The SMILES string of the molecule is COc1cc2c(Oc3ccc(CC(=O)c4cc5c(n(-c6ccccc6)c4=O)CCCC5)nc3)ccnc2cc1O. The maximum absolute atomic E-state index is 13.6. The van der Waals surface area contributed by atoms with Crippen LogP contribution in [0.15, 0.2) is 83.9 Å². The van der Waals surface area contributed by atoms with Crippen LogP contribution >= 0.6 is 0 Å². The second kappa shape index (κ2) is 10.6. The van der Waals surface area contributed by atoms with Crippen LogP contribution in [-0.2, 0) is 19.3 Å². The van der Waals surface area contributed by atoms with Crippen molar-refractivity contribution in [2.45, 2.75) is 32.1 Å². The lowest BCUT2D eigenvalue weighted by molar-refractivity contribution is 0.0990. The third kappa shape index (κ3) is 4.80. The highest BCUT2D eigenvalue weighted by Crippen LogP contribution is 2.36. The van der Waals surface area contributed by atoms with E-state index in [0.29, 0.717) is 33.8 Å². The highest BCUT2D eigenvalue weighted by molar-refractivity contribution is 5.97. The normalized spacial score (nSPS) is 12.6. The van der Waals surface area contributed by atoms with Crippen molar-refractivity contribution in [3.05, 3.63) is 112 Å². The number of phenolic OH excluding ortho intramolecular Hbond substituents is 1. The molecule has 0 atom stereocenters. The van der Waals surface area contributed by atoms with Gasteiger partial charge in [-0.2, -0.15) is 0 Å². The molecule has 0 amide bonds. The third-order valence-corrected chi connectivity index (χ3v) is 7.19. The first-order chi connectivity index (χ1) is 19.5. The van der Waals surface area contributed by atoms with Crippen LogP contribution in [0.1, 0.15) is 40.2 Å². The van der Waals surface area contributed by atoms with Crippen LogP contribution in [0.25, 0.3) is 16.6 Å². The number of ether oxygens (including phenoxy) is 2. The highest BCUT2D eigenvalue weighted by Gasteiger charge is 2.22. The number of carbonyl (C=O) groups excluding carboxylic acids is 1. The minimum atomic E-state index is -0.289. The van der Waals surface area contributed by atoms with Crippen LogP contribution in [0.2, 0.25) is 0 Å². The molecule has 0 unspecified atom stereocenters. The maximum atomic E-state index is 13.6. The molecule has 0 bridgehead atoms. The molecule has 8 heteroatoms. The second-order valence-corrected chi connectivity index (χ2v) is 9.75. The Kier molecular flexibility index (Phi) is 6.74. The van der Waals surface area contributed by atoms with Crippen molar-refractivity contribution in [2.24, 2.45) is 0 Å². The Balaban J connectivity index is 1.26. The van der Waals surface area contributed by atoms with E-state index < -0.39 is 0 Å². The van der Waals surface area contributed by atoms with E-state index in [2.05, 4.69) is 9.97 Å². The number of aryl methyl sites for hydroxylation is 1. The number of aromatic hydroxyl groups is 1. The predicted molar refractivity (Wildman–Crippen MR) is 151 cm³/mol. The molecule has 3 aromatic heterocycles. The summed E-state index contributed by atoms with van der Waals surface area (Å²) in [6.07, 6.45) is 6.86. The third-order valence-electron chi connectivity index (χ3n) is 7.19. The van der Waals surface area contributed by atoms with Gasteiger partial charge in [-0.25, -0.2) is 0 Å². The van der Waals surface area contributed by atoms with Crippen molar-refractivity contribution in [1.82, 2.24) is 14.5 Å². The number of methoxy groups -OCH3 is 1. The lowest BCUT2D eigenvalue weighted by Crippen LogP contribution is -2.31. The summed E-state index contributed by atoms with van der Waals surface area (Å²) in [6, 6.07) is 19.6. The van der Waals surface area contributed by atoms with Gasteiger partial charge in [0.15, 0.2) is 17.3 Å². The first-order valence-electron chi connectivity index (χ1n) is 13.2. The quantitative estimate of drug-likeness (QED) is 0.272. The Morgan fingerprint density at radius 1 is 0.975 bits per heavy atom. The number of aromatic nitrogens is 3. The fourth-order valence-electron chi connectivity index (χ4n) is 5.20. The van der Waals surface area contributed by atoms with E-state index in [9.17, 15) is 14.7 Å². The molecule has 1 N–H and O–H groups in total. The van der Waals surface area contributed by atoms with E-state index in [1.165, 1.54) is 13.2 Å². The minimum absolute atomic E-state index is 0.00222. The van der Waals surface area contributed by atoms with Crippen LogP contribution in [0.5, 0.6) is 23.0 Å². The van der Waals surface area contributed by atoms with Gasteiger partial charge in [0, 0.05) is 34.7 Å². The Labute approximate surface area is 230 Å². The van der Waals surface area contributed by atoms with Crippen molar-refractivity contribution in [3.63, 3.8) is 0 Å². The lowest BCUT2D eigenvalue weighted by atomic mass is 9.93. The molecule has 200 valence electrons. The van der Waals surface area contributed by atoms with E-state index in [1.54, 1.807) is 47.3 Å². The second-order valence-electron chi connectivity index (χ2n) is 9.75. The summed E-state index contributed by atoms with van der Waals surface area (Å²) in [5.41, 5.74) is 3.81. The van der Waals surface area contributed by atoms with Gasteiger partial charge in [0.05, 0.1) is 30.8 Å². The van der Waals surface area contributed by atoms with E-state index >= 15 is 0 Å². The van der Waals surface area contributed by atoms with Crippen molar-refractivity contribution >= 4 is 16.7 Å². The number of para-hydroxylation sites is 1. The number of rotatable bonds is 7. The zero-order chi connectivity index (χ0) is 27.6. The Morgan fingerprint density at radius 2 is 1.80 bits per heavy atom. The van der Waals surface area contributed by atoms with Crippen molar-refractivity contribution in [1.29, 1.82) is 0 Å². The first-order valence-corrected chi connectivity index (χ1v) is 13.2. The molecule has 40 heavy (non-hydrogen) atoms. The predicted octanol–water partition coefficient (Wildman–Crippen LogP) is 5.59. The number of hydrogen-bond donors (Lipinski definition) is 1. The Morgan fingerprint density at radius 3 is 2.58 bits per heavy atom. The van der Waals surface area contributed by atoms with E-state index in [4.69, 9.17) is 9.47 Å². The fourth-order valence-corrected chi connectivity index (χ4v) is 5.20. The van der Waals surface area contributed by atoms with Gasteiger partial charge in [0.25, 0.3) is 5.56 Å². The number of nitrogens with zero attached hydrogens (tertiary/aromatic N) is 3. The molecule has 0 aliphatic heterocycles. The van der Waals surface area contributed by atoms with Crippen LogP contribution in [-0.4, -0.2) is 32.5 Å². The summed E-state index contributed by atoms with van der Waals surface area (Å²) in [5, 5.41) is 10.7. The molecular formula is C32H27N3O5. The topological polar surface area (TPSA) is 104 Å². The Hall–Kier alpha value is -4.98. The van der Waals surface area contributed by atoms with Crippen LogP contribution < -0.4 is 15.0 Å². The number of carbonyl (C=O) groups is 1. The molecule has 2 aromatic carbocycles. The first kappa shape index (κ1) is 25.3. The maximum Gasteiger partial charge on any atom is 0.266 e. The number of benzene rings is 2. The van der Waals surface area contributed by atoms with Crippen molar-refractivity contribution in [2.75, 3.05) is 7.11 Å². The van der Waals surface area contributed by atoms with Crippen LogP contribution in [0, 0.1) is 0 Å². The number of fused-ring (bicyclic) bond motifs is 2. The molecule has 0 spiro atoms. The standard InChI is InChI=1S/C32H27N3O5/c1-39-31-17-24-26(18-29(31)37)33-14-13-30(24)40-23-12-11-21(34-19-23)16-28(36)25-15-20-7-5-6-10-27(20)35(32(25)38)22-8-3-2-4-9-22/h2-4,8-9,11-15,17-19,37H,5-7,10,16H2,1H3. The van der Waals surface area contributed by atoms with E-state index in [0.717, 1.165) is 42.6 Å². The summed E-state index contributed by atoms with van der Waals surface area (Å²) < 4.78 is 13.0. The number of Topliss-reactive ketones (excluding diaryl/α,β-unsaturated/α-hetero) is 1. The fraction of sp³-hybridized carbons (Fsp3) is 0.188. The molecule has 0 saturated heterocycles. The number of pyridine rings is 3. The molecule has 0 saturated carbocycles. The summed E-state index contributed by atoms with van der Waals surface area (Å²) in [6.45, 7) is 0. The van der Waals surface area contributed by atoms with Crippen LogP contribution in [0.3, 0.4) is 0 Å². The van der Waals surface area contributed by atoms with Gasteiger partial charge in [-0.15, -0.1) is 0 Å². The van der Waals surface area contributed by atoms with Gasteiger partial charge < -0.3 is 14.6 Å². The molecule has 6 rings (SSSR count). The largest absolute Gasteiger partial charge is 0.504 e. The monoisotopic (exact) mass is 533 g/mol. The number of phenols is 1. The molecule has 8 nitrogen and oxygen atoms in total. The summed E-state index contributed by atoms with van der Waals surface area (Å²) >= 11 is 0. The molecule has 3 heterocycles. The average Bonchev–Trinajstić information content (AvgIpc) is 2.98. The summed E-state index contributed by atoms with van der Waals surface area (Å²) in [4.78, 5) is 35.7. The van der Waals surface area contributed by atoms with E-state index in [-0.39, 0.29) is 29.1 Å². The smallest absolute Gasteiger partial charge is 0.266 e. The highest BCUT2D eigenvalue weighted by atomic mass is 16.5. The van der Waals surface area contributed by atoms with Gasteiger partial charge in [-0.3, -0.25) is 24.1 Å². The number of ketones is 1. The number of hydrogen-bond acceptors (Lipinski definition) is 7. The average molecular weight is 534 g/mol. The Bertz CT molecular complexity index is 1780. The molecular weight excluding hydrogens is 506 g/mol. The zero-order valence-electron chi connectivity index (χ0n) is 22.0. The summed E-state index contributed by atoms with van der Waals surface area (Å²) in [5.74, 6) is 1.02. The lowest BCUT2D eigenvalue weighted by Gasteiger charge is -2.22. The van der Waals surface area contributed by atoms with Gasteiger partial charge in [-0.1, -0.05) is 18.2 Å². The van der Waals surface area contributed by atoms with E-state index in [1.807, 2.05) is 30.3 Å². The molecule has 1 aliphatic carbocycles. The van der Waals surface area contributed by atoms with Gasteiger partial charge in [-0.05, 0) is 73.7 Å². The zero-order valence-corrected chi connectivity index (χ0v) is 22.0. The van der Waals surface area contributed by atoms with Gasteiger partial charge in [0.2, 0.25) is 0 Å². The minimum Gasteiger partial charge on any atom is -0.504 e. The van der Waals surface area contributed by atoms with Crippen molar-refractivity contribution < 1.29 is 19.4 Å². The van der Waals surface area contributed by atoms with Gasteiger partial charge >= 0.3 is 0 Å². The molecule has 1 aliphatic rings. The van der Waals surface area contributed by atoms with Gasteiger partial charge in [0.1, 0.15) is 11.5 Å². The molecule has 0 radical (unpaired) electrons. The molecule has 5 aromatic rings. The molecule has 0 fully saturated rings. The van der Waals surface area contributed by atoms with Crippen molar-refractivity contribution in [3.8, 4) is 28.7 Å².